The largest absolute Gasteiger partial charge is 0.496 e. The van der Waals surface area contributed by atoms with Gasteiger partial charge in [0, 0.05) is 12.1 Å². The van der Waals surface area contributed by atoms with E-state index in [0.717, 1.165) is 11.1 Å². The van der Waals surface area contributed by atoms with Crippen molar-refractivity contribution in [1.29, 1.82) is 0 Å². The first-order chi connectivity index (χ1) is 14.1. The van der Waals surface area contributed by atoms with Crippen molar-refractivity contribution in [3.8, 4) is 17.2 Å². The second-order valence-corrected chi connectivity index (χ2v) is 6.66. The van der Waals surface area contributed by atoms with Crippen molar-refractivity contribution in [1.82, 2.24) is 10.2 Å². The summed E-state index contributed by atoms with van der Waals surface area (Å²) in [4.78, 5) is 13.9. The summed E-state index contributed by atoms with van der Waals surface area (Å²) < 4.78 is 17.1. The Kier molecular flexibility index (Phi) is 6.72. The molecule has 2 aromatic carbocycles. The van der Waals surface area contributed by atoms with Crippen LogP contribution < -0.4 is 19.5 Å². The van der Waals surface area contributed by atoms with E-state index in [0.29, 0.717) is 47.8 Å². The van der Waals surface area contributed by atoms with Crippen LogP contribution in [0.2, 0.25) is 0 Å². The number of benzene rings is 2. The summed E-state index contributed by atoms with van der Waals surface area (Å²) in [6.07, 6.45) is 1.78. The fraction of sp³-hybridized carbons (Fsp3) is 0.273. The number of nitrogens with one attached hydrogen (secondary N) is 1. The number of likely N-dealkylation sites (N-methyl/N-ethyl adjacent to an activating group) is 1. The van der Waals surface area contributed by atoms with E-state index in [1.165, 1.54) is 4.90 Å². The first-order valence-electron chi connectivity index (χ1n) is 9.43. The molecule has 1 saturated heterocycles. The molecule has 1 aliphatic heterocycles. The van der Waals surface area contributed by atoms with Crippen molar-refractivity contribution in [2.24, 2.45) is 0 Å². The summed E-state index contributed by atoms with van der Waals surface area (Å²) in [7, 11) is 1.62. The highest BCUT2D eigenvalue weighted by Crippen LogP contribution is 2.29. The average molecular weight is 413 g/mol. The highest BCUT2D eigenvalue weighted by Gasteiger charge is 2.29. The normalized spacial score (nSPS) is 14.9. The number of amides is 1. The van der Waals surface area contributed by atoms with Gasteiger partial charge >= 0.3 is 0 Å². The van der Waals surface area contributed by atoms with Gasteiger partial charge in [-0.2, -0.15) is 0 Å². The van der Waals surface area contributed by atoms with E-state index in [9.17, 15) is 4.79 Å². The summed E-state index contributed by atoms with van der Waals surface area (Å²) in [5.74, 6) is 1.94. The van der Waals surface area contributed by atoms with Gasteiger partial charge < -0.3 is 19.5 Å². The smallest absolute Gasteiger partial charge is 0.276 e. The quantitative estimate of drug-likeness (QED) is 0.526. The summed E-state index contributed by atoms with van der Waals surface area (Å²) in [5, 5.41) is 3.39. The number of methoxy groups -OCH3 is 1. The van der Waals surface area contributed by atoms with Gasteiger partial charge in [-0.3, -0.25) is 9.69 Å². The van der Waals surface area contributed by atoms with Crippen LogP contribution in [-0.2, 0) is 11.4 Å². The molecule has 1 N–H and O–H groups in total. The maximum atomic E-state index is 12.4. The van der Waals surface area contributed by atoms with Crippen molar-refractivity contribution in [3.63, 3.8) is 0 Å². The lowest BCUT2D eigenvalue weighted by Gasteiger charge is -2.14. The molecule has 0 unspecified atom stereocenters. The lowest BCUT2D eigenvalue weighted by molar-refractivity contribution is -0.122. The Morgan fingerprint density at radius 1 is 1.07 bits per heavy atom. The van der Waals surface area contributed by atoms with Crippen LogP contribution in [0.1, 0.15) is 25.0 Å². The minimum absolute atomic E-state index is 0.128. The molecule has 1 aliphatic rings. The average Bonchev–Trinajstić information content (AvgIpc) is 3.00. The van der Waals surface area contributed by atoms with Crippen LogP contribution in [0.4, 0.5) is 0 Å². The van der Waals surface area contributed by atoms with Gasteiger partial charge in [-0.1, -0.05) is 18.2 Å². The van der Waals surface area contributed by atoms with Crippen LogP contribution in [-0.4, -0.2) is 36.2 Å². The maximum absolute atomic E-state index is 12.4. The highest BCUT2D eigenvalue weighted by atomic mass is 32.1. The summed E-state index contributed by atoms with van der Waals surface area (Å²) in [5.41, 5.74) is 2.16. The second-order valence-electron chi connectivity index (χ2n) is 6.28. The van der Waals surface area contributed by atoms with E-state index in [1.54, 1.807) is 13.2 Å². The molecule has 0 spiro atoms. The molecule has 0 radical (unpaired) electrons. The third-order valence-electron chi connectivity index (χ3n) is 4.43. The van der Waals surface area contributed by atoms with Crippen molar-refractivity contribution in [2.45, 2.75) is 20.5 Å². The molecular formula is C22H24N2O4S. The predicted molar refractivity (Wildman–Crippen MR) is 116 cm³/mol. The van der Waals surface area contributed by atoms with E-state index in [2.05, 4.69) is 5.32 Å². The second kappa shape index (κ2) is 9.43. The molecule has 152 valence electrons. The van der Waals surface area contributed by atoms with Crippen molar-refractivity contribution in [2.75, 3.05) is 20.3 Å². The maximum Gasteiger partial charge on any atom is 0.276 e. The zero-order valence-corrected chi connectivity index (χ0v) is 17.5. The van der Waals surface area contributed by atoms with Crippen LogP contribution in [0.25, 0.3) is 6.08 Å². The number of para-hydroxylation sites is 2. The van der Waals surface area contributed by atoms with Crippen molar-refractivity contribution < 1.29 is 19.0 Å². The number of hydrogen-bond acceptors (Lipinski definition) is 5. The summed E-state index contributed by atoms with van der Waals surface area (Å²) in [6.45, 7) is 5.21. The third kappa shape index (κ3) is 4.68. The first kappa shape index (κ1) is 20.7. The van der Waals surface area contributed by atoms with Gasteiger partial charge in [0.25, 0.3) is 5.91 Å². The molecule has 0 aromatic heterocycles. The lowest BCUT2D eigenvalue weighted by atomic mass is 10.1. The standard InChI is InChI=1S/C22H24N2O4S/c1-4-24-21(25)17(23-22(24)29)13-15-10-11-18(26-3)16(12-15)14-28-20-9-7-6-8-19(20)27-5-2/h6-13H,4-5,14H2,1-3H3,(H,23,29)/b17-13+. The summed E-state index contributed by atoms with van der Waals surface area (Å²) >= 11 is 5.21. The summed E-state index contributed by atoms with van der Waals surface area (Å²) in [6, 6.07) is 13.2. The molecule has 3 rings (SSSR count). The lowest BCUT2D eigenvalue weighted by Crippen LogP contribution is -2.30. The van der Waals surface area contributed by atoms with Crippen LogP contribution in [0, 0.1) is 0 Å². The minimum Gasteiger partial charge on any atom is -0.496 e. The van der Waals surface area contributed by atoms with Crippen LogP contribution in [0.15, 0.2) is 48.2 Å². The Morgan fingerprint density at radius 2 is 1.79 bits per heavy atom. The van der Waals surface area contributed by atoms with Gasteiger partial charge in [0.05, 0.1) is 13.7 Å². The molecule has 2 aromatic rings. The number of carbonyl (C=O) groups excluding carboxylic acids is 1. The highest BCUT2D eigenvalue weighted by molar-refractivity contribution is 7.80. The monoisotopic (exact) mass is 412 g/mol. The molecule has 1 fully saturated rings. The van der Waals surface area contributed by atoms with Crippen molar-refractivity contribution >= 4 is 29.3 Å². The zero-order chi connectivity index (χ0) is 20.8. The molecule has 7 heteroatoms. The Bertz CT molecular complexity index is 942. The number of ether oxygens (including phenoxy) is 3. The third-order valence-corrected chi connectivity index (χ3v) is 4.75. The number of nitrogens with zero attached hydrogens (tertiary/aromatic N) is 1. The SMILES string of the molecule is CCOc1ccccc1OCc1cc(/C=C2/NC(=S)N(CC)C2=O)ccc1OC. The van der Waals surface area contributed by atoms with Gasteiger partial charge in [0.1, 0.15) is 18.1 Å². The topological polar surface area (TPSA) is 60.0 Å². The van der Waals surface area contributed by atoms with Gasteiger partial charge in [-0.25, -0.2) is 0 Å². The molecule has 0 bridgehead atoms. The molecule has 6 nitrogen and oxygen atoms in total. The first-order valence-corrected chi connectivity index (χ1v) is 9.84. The molecule has 0 aliphatic carbocycles. The van der Waals surface area contributed by atoms with Crippen LogP contribution in [0.3, 0.4) is 0 Å². The predicted octanol–water partition coefficient (Wildman–Crippen LogP) is 3.75. The Morgan fingerprint density at radius 3 is 2.41 bits per heavy atom. The van der Waals surface area contributed by atoms with Crippen LogP contribution >= 0.6 is 12.2 Å². The Labute approximate surface area is 176 Å². The van der Waals surface area contributed by atoms with Gasteiger partial charge in [0.2, 0.25) is 0 Å². The van der Waals surface area contributed by atoms with E-state index >= 15 is 0 Å². The number of hydrogen-bond donors (Lipinski definition) is 1. The van der Waals surface area contributed by atoms with Crippen molar-refractivity contribution in [3.05, 3.63) is 59.3 Å². The van der Waals surface area contributed by atoms with E-state index in [4.69, 9.17) is 26.4 Å². The van der Waals surface area contributed by atoms with E-state index < -0.39 is 0 Å². The molecular weight excluding hydrogens is 388 g/mol. The number of carbonyl (C=O) groups is 1. The molecule has 0 atom stereocenters. The fourth-order valence-electron chi connectivity index (χ4n) is 3.03. The van der Waals surface area contributed by atoms with Gasteiger partial charge in [-0.05, 0) is 62.0 Å². The van der Waals surface area contributed by atoms with Crippen LogP contribution in [0.5, 0.6) is 17.2 Å². The molecule has 1 heterocycles. The fourth-order valence-corrected chi connectivity index (χ4v) is 3.35. The van der Waals surface area contributed by atoms with Gasteiger partial charge in [-0.15, -0.1) is 0 Å². The molecule has 0 saturated carbocycles. The number of thiocarbonyl (C=S) groups is 1. The molecule has 29 heavy (non-hydrogen) atoms. The van der Waals surface area contributed by atoms with E-state index in [1.807, 2.05) is 56.3 Å². The van der Waals surface area contributed by atoms with E-state index in [-0.39, 0.29) is 5.91 Å². The number of rotatable bonds is 8. The Balaban J connectivity index is 1.82. The van der Waals surface area contributed by atoms with Gasteiger partial charge in [0.15, 0.2) is 16.6 Å². The minimum atomic E-state index is -0.128. The molecule has 1 amide bonds. The Hall–Kier alpha value is -3.06. The zero-order valence-electron chi connectivity index (χ0n) is 16.7.